The highest BCUT2D eigenvalue weighted by Crippen LogP contribution is 2.26. The molecule has 0 spiro atoms. The van der Waals surface area contributed by atoms with Crippen molar-refractivity contribution in [2.75, 3.05) is 13.1 Å². The number of hydrogen-bond acceptors (Lipinski definition) is 3. The Morgan fingerprint density at radius 2 is 1.91 bits per heavy atom. The van der Waals surface area contributed by atoms with E-state index in [-0.39, 0.29) is 17.7 Å². The van der Waals surface area contributed by atoms with Crippen LogP contribution in [0.1, 0.15) is 57.3 Å². The predicted octanol–water partition coefficient (Wildman–Crippen LogP) is 3.51. The zero-order valence-corrected chi connectivity index (χ0v) is 14.8. The molecule has 1 aliphatic heterocycles. The van der Waals surface area contributed by atoms with Crippen LogP contribution in [-0.4, -0.2) is 52.0 Å². The van der Waals surface area contributed by atoms with Gasteiger partial charge >= 0.3 is 0 Å². The third kappa shape index (κ3) is 4.25. The zero-order valence-electron chi connectivity index (χ0n) is 14.8. The number of phenols is 1. The van der Waals surface area contributed by atoms with Crippen LogP contribution >= 0.6 is 0 Å². The number of aromatic hydroxyl groups is 1. The van der Waals surface area contributed by atoms with E-state index in [1.165, 1.54) is 0 Å². The van der Waals surface area contributed by atoms with Crippen molar-refractivity contribution in [3.05, 3.63) is 29.8 Å². The molecule has 0 aliphatic carbocycles. The Labute approximate surface area is 140 Å². The van der Waals surface area contributed by atoms with E-state index in [1.54, 1.807) is 24.3 Å². The molecular formula is C19H30N2O2. The fourth-order valence-electron chi connectivity index (χ4n) is 3.62. The van der Waals surface area contributed by atoms with Gasteiger partial charge in [0.1, 0.15) is 5.75 Å². The molecule has 128 valence electrons. The summed E-state index contributed by atoms with van der Waals surface area (Å²) < 4.78 is 0. The van der Waals surface area contributed by atoms with Gasteiger partial charge in [0.15, 0.2) is 0 Å². The molecule has 0 saturated carbocycles. The van der Waals surface area contributed by atoms with E-state index >= 15 is 0 Å². The molecule has 0 bridgehead atoms. The highest BCUT2D eigenvalue weighted by Gasteiger charge is 2.31. The summed E-state index contributed by atoms with van der Waals surface area (Å²) in [4.78, 5) is 17.2. The number of para-hydroxylation sites is 1. The lowest BCUT2D eigenvalue weighted by molar-refractivity contribution is 0.0707. The van der Waals surface area contributed by atoms with Gasteiger partial charge in [0.25, 0.3) is 5.91 Å². The Hall–Kier alpha value is -1.55. The molecule has 1 aromatic rings. The quantitative estimate of drug-likeness (QED) is 0.873. The van der Waals surface area contributed by atoms with Crippen LogP contribution < -0.4 is 0 Å². The zero-order chi connectivity index (χ0) is 17.0. The molecule has 1 heterocycles. The number of likely N-dealkylation sites (tertiary alicyclic amines) is 1. The first kappa shape index (κ1) is 17.8. The van der Waals surface area contributed by atoms with E-state index in [0.29, 0.717) is 17.6 Å². The van der Waals surface area contributed by atoms with Gasteiger partial charge < -0.3 is 10.0 Å². The first-order valence-corrected chi connectivity index (χ1v) is 8.76. The van der Waals surface area contributed by atoms with E-state index in [0.717, 1.165) is 32.4 Å². The maximum Gasteiger partial charge on any atom is 0.257 e. The average Bonchev–Trinajstić information content (AvgIpc) is 2.95. The normalized spacial score (nSPS) is 18.4. The third-order valence-corrected chi connectivity index (χ3v) is 4.82. The van der Waals surface area contributed by atoms with Crippen LogP contribution in [0, 0.1) is 0 Å². The van der Waals surface area contributed by atoms with Crippen molar-refractivity contribution in [2.24, 2.45) is 0 Å². The lowest BCUT2D eigenvalue weighted by atomic mass is 10.1. The minimum atomic E-state index is -0.0359. The standard InChI is InChI=1S/C19H30N2O2/c1-14(2)20(15(3)4)13-11-16-8-7-12-21(16)19(23)17-9-5-6-10-18(17)22/h5-6,9-10,14-16,22H,7-8,11-13H2,1-4H3. The first-order valence-electron chi connectivity index (χ1n) is 8.76. The summed E-state index contributed by atoms with van der Waals surface area (Å²) in [5, 5.41) is 9.94. The van der Waals surface area contributed by atoms with Crippen LogP contribution in [0.3, 0.4) is 0 Å². The van der Waals surface area contributed by atoms with Crippen LogP contribution in [0.25, 0.3) is 0 Å². The molecule has 1 aliphatic rings. The molecular weight excluding hydrogens is 288 g/mol. The Morgan fingerprint density at radius 1 is 1.26 bits per heavy atom. The van der Waals surface area contributed by atoms with E-state index < -0.39 is 0 Å². The largest absolute Gasteiger partial charge is 0.507 e. The number of amides is 1. The van der Waals surface area contributed by atoms with E-state index in [2.05, 4.69) is 32.6 Å². The van der Waals surface area contributed by atoms with Crippen molar-refractivity contribution in [3.63, 3.8) is 0 Å². The van der Waals surface area contributed by atoms with Crippen molar-refractivity contribution < 1.29 is 9.90 Å². The Morgan fingerprint density at radius 3 is 2.52 bits per heavy atom. The molecule has 1 amide bonds. The van der Waals surface area contributed by atoms with Gasteiger partial charge in [-0.15, -0.1) is 0 Å². The monoisotopic (exact) mass is 318 g/mol. The molecule has 1 unspecified atom stereocenters. The number of hydrogen-bond donors (Lipinski definition) is 1. The van der Waals surface area contributed by atoms with Gasteiger partial charge in [0.05, 0.1) is 5.56 Å². The predicted molar refractivity (Wildman–Crippen MR) is 93.8 cm³/mol. The maximum absolute atomic E-state index is 12.7. The lowest BCUT2D eigenvalue weighted by Crippen LogP contribution is -2.42. The van der Waals surface area contributed by atoms with Gasteiger partial charge in [-0.2, -0.15) is 0 Å². The van der Waals surface area contributed by atoms with Gasteiger partial charge in [-0.3, -0.25) is 9.69 Å². The SMILES string of the molecule is CC(C)N(CCC1CCCN1C(=O)c1ccccc1O)C(C)C. The Kier molecular flexibility index (Phi) is 6.05. The molecule has 1 atom stereocenters. The second-order valence-corrected chi connectivity index (χ2v) is 7.03. The fraction of sp³-hybridized carbons (Fsp3) is 0.632. The Balaban J connectivity index is 2.03. The molecule has 2 rings (SSSR count). The number of rotatable bonds is 6. The van der Waals surface area contributed by atoms with Crippen molar-refractivity contribution >= 4 is 5.91 Å². The molecule has 1 fully saturated rings. The van der Waals surface area contributed by atoms with Gasteiger partial charge in [-0.25, -0.2) is 0 Å². The summed E-state index contributed by atoms with van der Waals surface area (Å²) in [5.41, 5.74) is 0.420. The van der Waals surface area contributed by atoms with Crippen LogP contribution in [-0.2, 0) is 0 Å². The number of carbonyl (C=O) groups is 1. The van der Waals surface area contributed by atoms with Gasteiger partial charge in [0.2, 0.25) is 0 Å². The molecule has 4 nitrogen and oxygen atoms in total. The molecule has 0 radical (unpaired) electrons. The number of nitrogens with zero attached hydrogens (tertiary/aromatic N) is 2. The summed E-state index contributed by atoms with van der Waals surface area (Å²) >= 11 is 0. The first-order chi connectivity index (χ1) is 10.9. The average molecular weight is 318 g/mol. The van der Waals surface area contributed by atoms with E-state index in [4.69, 9.17) is 0 Å². The van der Waals surface area contributed by atoms with Crippen molar-refractivity contribution in [1.29, 1.82) is 0 Å². The van der Waals surface area contributed by atoms with Gasteiger partial charge in [0, 0.05) is 31.2 Å². The van der Waals surface area contributed by atoms with Crippen LogP contribution in [0.5, 0.6) is 5.75 Å². The number of benzene rings is 1. The smallest absolute Gasteiger partial charge is 0.257 e. The van der Waals surface area contributed by atoms with Gasteiger partial charge in [-0.05, 0) is 59.1 Å². The van der Waals surface area contributed by atoms with Gasteiger partial charge in [-0.1, -0.05) is 12.1 Å². The summed E-state index contributed by atoms with van der Waals surface area (Å²) in [6, 6.07) is 8.15. The molecule has 23 heavy (non-hydrogen) atoms. The van der Waals surface area contributed by atoms with E-state index in [1.807, 2.05) is 4.90 Å². The van der Waals surface area contributed by atoms with Crippen LogP contribution in [0.2, 0.25) is 0 Å². The molecule has 0 aromatic heterocycles. The second kappa shape index (κ2) is 7.82. The van der Waals surface area contributed by atoms with Crippen LogP contribution in [0.4, 0.5) is 0 Å². The molecule has 4 heteroatoms. The Bertz CT molecular complexity index is 520. The fourth-order valence-corrected chi connectivity index (χ4v) is 3.62. The number of carbonyl (C=O) groups excluding carboxylic acids is 1. The molecule has 1 N–H and O–H groups in total. The summed E-state index contributed by atoms with van der Waals surface area (Å²) in [5.74, 6) is 0.0420. The second-order valence-electron chi connectivity index (χ2n) is 7.03. The molecule has 1 aromatic carbocycles. The van der Waals surface area contributed by atoms with Crippen molar-refractivity contribution in [2.45, 2.75) is 65.1 Å². The number of phenolic OH excluding ortho intramolecular Hbond substituents is 1. The highest BCUT2D eigenvalue weighted by atomic mass is 16.3. The highest BCUT2D eigenvalue weighted by molar-refractivity contribution is 5.97. The summed E-state index contributed by atoms with van der Waals surface area (Å²) in [7, 11) is 0. The van der Waals surface area contributed by atoms with Crippen molar-refractivity contribution in [1.82, 2.24) is 9.80 Å². The summed E-state index contributed by atoms with van der Waals surface area (Å²) in [6.45, 7) is 10.7. The topological polar surface area (TPSA) is 43.8 Å². The van der Waals surface area contributed by atoms with Crippen LogP contribution in [0.15, 0.2) is 24.3 Å². The minimum absolute atomic E-state index is 0.0359. The minimum Gasteiger partial charge on any atom is -0.507 e. The maximum atomic E-state index is 12.7. The third-order valence-electron chi connectivity index (χ3n) is 4.82. The summed E-state index contributed by atoms with van der Waals surface area (Å²) in [6.07, 6.45) is 3.10. The molecule has 1 saturated heterocycles. The van der Waals surface area contributed by atoms with E-state index in [9.17, 15) is 9.90 Å². The lowest BCUT2D eigenvalue weighted by Gasteiger charge is -2.33. The van der Waals surface area contributed by atoms with Crippen molar-refractivity contribution in [3.8, 4) is 5.75 Å².